The first-order valence-corrected chi connectivity index (χ1v) is 3.68. The standard InChI is InChI=1S/C6H13N2O4/c1-5-2-8(12,4-10)6(11)7(5)3-9/h5,9-10,12H,2-4H2,1H3/q+1. The van der Waals surface area contributed by atoms with Gasteiger partial charge >= 0.3 is 6.03 Å². The first-order chi connectivity index (χ1) is 5.55. The maximum absolute atomic E-state index is 11.2. The van der Waals surface area contributed by atoms with Crippen LogP contribution in [0.4, 0.5) is 4.79 Å². The van der Waals surface area contributed by atoms with Crippen LogP contribution >= 0.6 is 0 Å². The molecule has 1 fully saturated rings. The van der Waals surface area contributed by atoms with Crippen LogP contribution < -0.4 is 0 Å². The molecule has 1 saturated heterocycles. The van der Waals surface area contributed by atoms with E-state index >= 15 is 0 Å². The molecule has 1 aliphatic rings. The van der Waals surface area contributed by atoms with Crippen molar-refractivity contribution < 1.29 is 24.9 Å². The number of carbonyl (C=O) groups is 1. The first-order valence-electron chi connectivity index (χ1n) is 3.68. The lowest BCUT2D eigenvalue weighted by Crippen LogP contribution is -2.48. The highest BCUT2D eigenvalue weighted by molar-refractivity contribution is 5.68. The molecular formula is C6H13N2O4+. The lowest BCUT2D eigenvalue weighted by molar-refractivity contribution is -1.04. The van der Waals surface area contributed by atoms with Gasteiger partial charge in [0, 0.05) is 0 Å². The van der Waals surface area contributed by atoms with Gasteiger partial charge in [-0.3, -0.25) is 4.90 Å². The third-order valence-corrected chi connectivity index (χ3v) is 2.09. The van der Waals surface area contributed by atoms with Crippen molar-refractivity contribution in [1.29, 1.82) is 0 Å². The summed E-state index contributed by atoms with van der Waals surface area (Å²) in [6.07, 6.45) is 0. The molecule has 1 aliphatic heterocycles. The van der Waals surface area contributed by atoms with Gasteiger partial charge in [-0.05, 0) is 6.92 Å². The van der Waals surface area contributed by atoms with E-state index in [1.807, 2.05) is 0 Å². The van der Waals surface area contributed by atoms with Crippen LogP contribution in [0.3, 0.4) is 0 Å². The topological polar surface area (TPSA) is 81.0 Å². The Balaban J connectivity index is 2.82. The van der Waals surface area contributed by atoms with Gasteiger partial charge in [-0.2, -0.15) is 0 Å². The summed E-state index contributed by atoms with van der Waals surface area (Å²) < 4.78 is -1.03. The SMILES string of the molecule is CC1C[N+](O)(CO)C(=O)N1CO. The molecule has 2 unspecified atom stereocenters. The van der Waals surface area contributed by atoms with Crippen molar-refractivity contribution in [1.82, 2.24) is 4.90 Å². The van der Waals surface area contributed by atoms with Crippen molar-refractivity contribution in [2.75, 3.05) is 20.0 Å². The molecule has 0 aliphatic carbocycles. The monoisotopic (exact) mass is 177 g/mol. The molecule has 1 rings (SSSR count). The third-order valence-electron chi connectivity index (χ3n) is 2.09. The zero-order valence-electron chi connectivity index (χ0n) is 6.84. The maximum atomic E-state index is 11.2. The van der Waals surface area contributed by atoms with E-state index < -0.39 is 24.1 Å². The highest BCUT2D eigenvalue weighted by atomic mass is 16.6. The molecule has 6 nitrogen and oxygen atoms in total. The summed E-state index contributed by atoms with van der Waals surface area (Å²) in [5.41, 5.74) is 0. The number of aliphatic hydroxyl groups is 2. The molecule has 70 valence electrons. The normalized spacial score (nSPS) is 36.2. The van der Waals surface area contributed by atoms with Gasteiger partial charge in [-0.25, -0.2) is 10.0 Å². The van der Waals surface area contributed by atoms with Gasteiger partial charge in [0.25, 0.3) is 0 Å². The van der Waals surface area contributed by atoms with Gasteiger partial charge < -0.3 is 10.2 Å². The summed E-state index contributed by atoms with van der Waals surface area (Å²) in [7, 11) is 0. The van der Waals surface area contributed by atoms with Crippen molar-refractivity contribution >= 4 is 6.03 Å². The number of aliphatic hydroxyl groups excluding tert-OH is 2. The number of rotatable bonds is 2. The molecule has 12 heavy (non-hydrogen) atoms. The molecule has 0 aromatic carbocycles. The second-order valence-corrected chi connectivity index (χ2v) is 2.99. The van der Waals surface area contributed by atoms with Crippen LogP contribution in [-0.2, 0) is 0 Å². The number of nitrogens with zero attached hydrogens (tertiary/aromatic N) is 2. The molecule has 0 radical (unpaired) electrons. The number of quaternary nitrogens is 1. The van der Waals surface area contributed by atoms with Gasteiger partial charge in [0.15, 0.2) is 0 Å². The fourth-order valence-corrected chi connectivity index (χ4v) is 1.36. The van der Waals surface area contributed by atoms with Gasteiger partial charge in [-0.15, -0.1) is 0 Å². The molecule has 6 heteroatoms. The maximum Gasteiger partial charge on any atom is 0.455 e. The highest BCUT2D eigenvalue weighted by Crippen LogP contribution is 2.20. The Morgan fingerprint density at radius 3 is 2.50 bits per heavy atom. The largest absolute Gasteiger partial charge is 0.455 e. The molecule has 0 aromatic heterocycles. The fourth-order valence-electron chi connectivity index (χ4n) is 1.36. The lowest BCUT2D eigenvalue weighted by atomic mass is 10.3. The summed E-state index contributed by atoms with van der Waals surface area (Å²) in [5, 5.41) is 26.9. The molecule has 0 aromatic rings. The van der Waals surface area contributed by atoms with Crippen LogP contribution in [0.5, 0.6) is 0 Å². The van der Waals surface area contributed by atoms with E-state index in [4.69, 9.17) is 10.2 Å². The molecular weight excluding hydrogens is 164 g/mol. The highest BCUT2D eigenvalue weighted by Gasteiger charge is 2.50. The van der Waals surface area contributed by atoms with Crippen molar-refractivity contribution in [3.63, 3.8) is 0 Å². The zero-order valence-corrected chi connectivity index (χ0v) is 6.84. The summed E-state index contributed by atoms with van der Waals surface area (Å²) in [6, 6.07) is -0.910. The number of carbonyl (C=O) groups excluding carboxylic acids is 1. The summed E-state index contributed by atoms with van der Waals surface area (Å²) in [5.74, 6) is 0. The van der Waals surface area contributed by atoms with E-state index in [9.17, 15) is 10.0 Å². The number of hydroxylamine groups is 3. The molecule has 0 bridgehead atoms. The van der Waals surface area contributed by atoms with Crippen LogP contribution in [0.1, 0.15) is 6.92 Å². The van der Waals surface area contributed by atoms with E-state index in [-0.39, 0.29) is 12.6 Å². The van der Waals surface area contributed by atoms with Gasteiger partial charge in [-0.1, -0.05) is 4.65 Å². The third kappa shape index (κ3) is 1.18. The van der Waals surface area contributed by atoms with E-state index in [0.717, 1.165) is 4.90 Å². The van der Waals surface area contributed by atoms with Crippen LogP contribution in [0.2, 0.25) is 0 Å². The molecule has 0 saturated carbocycles. The van der Waals surface area contributed by atoms with Crippen molar-refractivity contribution in [2.45, 2.75) is 13.0 Å². The van der Waals surface area contributed by atoms with Crippen LogP contribution in [0.25, 0.3) is 0 Å². The summed E-state index contributed by atoms with van der Waals surface area (Å²) >= 11 is 0. The smallest absolute Gasteiger partial charge is 0.376 e. The average molecular weight is 177 g/mol. The lowest BCUT2D eigenvalue weighted by Gasteiger charge is -2.17. The Morgan fingerprint density at radius 2 is 2.25 bits per heavy atom. The number of hydrogen-bond acceptors (Lipinski definition) is 4. The summed E-state index contributed by atoms with van der Waals surface area (Å²) in [6.45, 7) is 0.718. The molecule has 2 amide bonds. The Hall–Kier alpha value is -0.690. The molecule has 3 N–H and O–H groups in total. The molecule has 2 atom stereocenters. The van der Waals surface area contributed by atoms with Crippen molar-refractivity contribution in [2.24, 2.45) is 0 Å². The number of amides is 2. The second kappa shape index (κ2) is 2.98. The van der Waals surface area contributed by atoms with Gasteiger partial charge in [0.2, 0.25) is 6.73 Å². The zero-order chi connectivity index (χ0) is 9.35. The van der Waals surface area contributed by atoms with Crippen molar-refractivity contribution in [3.8, 4) is 0 Å². The Labute approximate surface area is 69.8 Å². The minimum absolute atomic E-state index is 0.107. The van der Waals surface area contributed by atoms with E-state index in [1.165, 1.54) is 0 Å². The number of urea groups is 1. The van der Waals surface area contributed by atoms with E-state index in [1.54, 1.807) is 6.92 Å². The van der Waals surface area contributed by atoms with E-state index in [2.05, 4.69) is 0 Å². The van der Waals surface area contributed by atoms with Gasteiger partial charge in [0.1, 0.15) is 13.3 Å². The minimum Gasteiger partial charge on any atom is -0.376 e. The Morgan fingerprint density at radius 1 is 1.67 bits per heavy atom. The van der Waals surface area contributed by atoms with Crippen LogP contribution in [0.15, 0.2) is 0 Å². The van der Waals surface area contributed by atoms with Gasteiger partial charge in [0.05, 0.1) is 6.04 Å². The van der Waals surface area contributed by atoms with Crippen molar-refractivity contribution in [3.05, 3.63) is 0 Å². The molecule has 0 spiro atoms. The Kier molecular flexibility index (Phi) is 2.34. The molecule has 1 heterocycles. The predicted molar refractivity (Wildman–Crippen MR) is 37.8 cm³/mol. The Bertz CT molecular complexity index is 198. The summed E-state index contributed by atoms with van der Waals surface area (Å²) in [4.78, 5) is 12.3. The fraction of sp³-hybridized carbons (Fsp3) is 0.833. The van der Waals surface area contributed by atoms with Crippen LogP contribution in [0, 0.1) is 0 Å². The van der Waals surface area contributed by atoms with Crippen LogP contribution in [-0.4, -0.2) is 57.0 Å². The average Bonchev–Trinajstić information content (AvgIpc) is 2.25. The predicted octanol–water partition coefficient (Wildman–Crippen LogP) is -1.08. The first kappa shape index (κ1) is 9.40. The number of hydrogen-bond donors (Lipinski definition) is 3. The van der Waals surface area contributed by atoms with E-state index in [0.29, 0.717) is 0 Å². The minimum atomic E-state index is -1.03. The quantitative estimate of drug-likeness (QED) is 0.370. The second-order valence-electron chi connectivity index (χ2n) is 2.99.